The van der Waals surface area contributed by atoms with Crippen LogP contribution < -0.4 is 5.73 Å². The number of piperidine rings is 1. The minimum atomic E-state index is -0.486. The number of nitrogens with two attached hydrogens (primary N) is 1. The molecular weight excluding hydrogens is 350 g/mol. The van der Waals surface area contributed by atoms with Crippen molar-refractivity contribution < 1.29 is 9.59 Å². The fraction of sp³-hybridized carbons (Fsp3) is 0.391. The highest BCUT2D eigenvalue weighted by molar-refractivity contribution is 5.97. The molecule has 2 amide bonds. The molecule has 1 saturated heterocycles. The number of likely N-dealkylation sites (tertiary alicyclic amines) is 1. The smallest absolute Gasteiger partial charge is 0.253 e. The summed E-state index contributed by atoms with van der Waals surface area (Å²) in [6.07, 6.45) is 0. The second-order valence-electron chi connectivity index (χ2n) is 7.98. The van der Waals surface area contributed by atoms with Gasteiger partial charge in [0.15, 0.2) is 0 Å². The van der Waals surface area contributed by atoms with Crippen molar-refractivity contribution in [2.45, 2.75) is 26.4 Å². The zero-order valence-corrected chi connectivity index (χ0v) is 16.8. The topological polar surface area (TPSA) is 66.6 Å². The number of hydrogen-bond donors (Lipinski definition) is 1. The Hall–Kier alpha value is -2.66. The molecule has 28 heavy (non-hydrogen) atoms. The summed E-state index contributed by atoms with van der Waals surface area (Å²) in [6, 6.07) is 17.3. The Balaban J connectivity index is 1.67. The van der Waals surface area contributed by atoms with Gasteiger partial charge in [-0.05, 0) is 41.7 Å². The summed E-state index contributed by atoms with van der Waals surface area (Å²) in [5, 5.41) is 0. The van der Waals surface area contributed by atoms with Crippen molar-refractivity contribution in [1.82, 2.24) is 9.80 Å². The van der Waals surface area contributed by atoms with Crippen LogP contribution in [0.5, 0.6) is 0 Å². The summed E-state index contributed by atoms with van der Waals surface area (Å²) in [6.45, 7) is 7.30. The first kappa shape index (κ1) is 20.1. The Morgan fingerprint density at radius 2 is 1.50 bits per heavy atom. The Morgan fingerprint density at radius 1 is 0.964 bits per heavy atom. The first-order valence-corrected chi connectivity index (χ1v) is 9.80. The SMILES string of the molecule is CC1CN(Cc2ccccc2)CC(C)C1N(C)C(=O)c1ccc(C(N)=O)cc1. The van der Waals surface area contributed by atoms with Crippen molar-refractivity contribution in [1.29, 1.82) is 0 Å². The van der Waals surface area contributed by atoms with E-state index in [2.05, 4.69) is 43.0 Å². The third kappa shape index (κ3) is 4.42. The maximum absolute atomic E-state index is 13.0. The van der Waals surface area contributed by atoms with E-state index in [0.717, 1.165) is 19.6 Å². The van der Waals surface area contributed by atoms with Gasteiger partial charge < -0.3 is 10.6 Å². The molecule has 2 unspecified atom stereocenters. The number of amides is 2. The van der Waals surface area contributed by atoms with Crippen LogP contribution in [0.4, 0.5) is 0 Å². The molecule has 1 aliphatic heterocycles. The van der Waals surface area contributed by atoms with E-state index in [0.29, 0.717) is 23.0 Å². The summed E-state index contributed by atoms with van der Waals surface area (Å²) in [5.74, 6) is 0.231. The van der Waals surface area contributed by atoms with Gasteiger partial charge in [0.1, 0.15) is 0 Å². The molecule has 3 rings (SSSR count). The summed E-state index contributed by atoms with van der Waals surface area (Å²) in [5.41, 5.74) is 7.60. The second kappa shape index (κ2) is 8.57. The maximum atomic E-state index is 13.0. The predicted molar refractivity (Wildman–Crippen MR) is 111 cm³/mol. The van der Waals surface area contributed by atoms with Crippen molar-refractivity contribution >= 4 is 11.8 Å². The quantitative estimate of drug-likeness (QED) is 0.868. The number of benzene rings is 2. The first-order valence-electron chi connectivity index (χ1n) is 9.80. The van der Waals surface area contributed by atoms with Crippen molar-refractivity contribution in [3.8, 4) is 0 Å². The van der Waals surface area contributed by atoms with Gasteiger partial charge in [-0.2, -0.15) is 0 Å². The largest absolute Gasteiger partial charge is 0.366 e. The van der Waals surface area contributed by atoms with E-state index in [1.807, 2.05) is 18.0 Å². The first-order chi connectivity index (χ1) is 13.4. The molecule has 1 fully saturated rings. The van der Waals surface area contributed by atoms with E-state index in [4.69, 9.17) is 5.73 Å². The third-order valence-corrected chi connectivity index (χ3v) is 5.69. The number of carbonyl (C=O) groups excluding carboxylic acids is 2. The monoisotopic (exact) mass is 379 g/mol. The minimum absolute atomic E-state index is 0.0174. The summed E-state index contributed by atoms with van der Waals surface area (Å²) in [7, 11) is 1.88. The molecule has 1 heterocycles. The molecule has 2 aromatic carbocycles. The molecule has 0 saturated carbocycles. The standard InChI is InChI=1S/C23H29N3O2/c1-16-13-26(15-18-7-5-4-6-8-18)14-17(2)21(16)25(3)23(28)20-11-9-19(10-12-20)22(24)27/h4-12,16-17,21H,13-15H2,1-3H3,(H2,24,27). The van der Waals surface area contributed by atoms with E-state index in [-0.39, 0.29) is 11.9 Å². The van der Waals surface area contributed by atoms with Crippen LogP contribution in [-0.4, -0.2) is 47.8 Å². The van der Waals surface area contributed by atoms with Gasteiger partial charge in [0.25, 0.3) is 5.91 Å². The van der Waals surface area contributed by atoms with Gasteiger partial charge in [0.2, 0.25) is 5.91 Å². The molecule has 5 heteroatoms. The van der Waals surface area contributed by atoms with Crippen molar-refractivity contribution in [2.24, 2.45) is 17.6 Å². The fourth-order valence-corrected chi connectivity index (χ4v) is 4.52. The lowest BCUT2D eigenvalue weighted by Crippen LogP contribution is -2.55. The number of nitrogens with zero attached hydrogens (tertiary/aromatic N) is 2. The molecule has 0 radical (unpaired) electrons. The van der Waals surface area contributed by atoms with Crippen molar-refractivity contribution in [2.75, 3.05) is 20.1 Å². The summed E-state index contributed by atoms with van der Waals surface area (Å²) in [4.78, 5) is 28.6. The maximum Gasteiger partial charge on any atom is 0.253 e. The molecule has 1 aliphatic rings. The molecule has 2 N–H and O–H groups in total. The average molecular weight is 380 g/mol. The summed E-state index contributed by atoms with van der Waals surface area (Å²) < 4.78 is 0. The highest BCUT2D eigenvalue weighted by atomic mass is 16.2. The Morgan fingerprint density at radius 3 is 2.04 bits per heavy atom. The molecule has 2 atom stereocenters. The van der Waals surface area contributed by atoms with Gasteiger partial charge >= 0.3 is 0 Å². The van der Waals surface area contributed by atoms with Crippen LogP contribution in [0.25, 0.3) is 0 Å². The van der Waals surface area contributed by atoms with E-state index in [1.165, 1.54) is 5.56 Å². The van der Waals surface area contributed by atoms with Gasteiger partial charge in [0, 0.05) is 43.9 Å². The number of primary amides is 1. The molecule has 0 aromatic heterocycles. The molecular formula is C23H29N3O2. The minimum Gasteiger partial charge on any atom is -0.366 e. The van der Waals surface area contributed by atoms with Crippen LogP contribution in [0.2, 0.25) is 0 Å². The third-order valence-electron chi connectivity index (χ3n) is 5.69. The second-order valence-corrected chi connectivity index (χ2v) is 7.98. The van der Waals surface area contributed by atoms with Crippen molar-refractivity contribution in [3.05, 3.63) is 71.3 Å². The molecule has 0 bridgehead atoms. The zero-order valence-electron chi connectivity index (χ0n) is 16.8. The lowest BCUT2D eigenvalue weighted by atomic mass is 9.84. The molecule has 0 aliphatic carbocycles. The predicted octanol–water partition coefficient (Wildman–Crippen LogP) is 3.01. The Bertz CT molecular complexity index is 808. The van der Waals surface area contributed by atoms with E-state index >= 15 is 0 Å². The van der Waals surface area contributed by atoms with Gasteiger partial charge in [-0.15, -0.1) is 0 Å². The van der Waals surface area contributed by atoms with Gasteiger partial charge in [-0.3, -0.25) is 14.5 Å². The van der Waals surface area contributed by atoms with E-state index < -0.39 is 5.91 Å². The van der Waals surface area contributed by atoms with Gasteiger partial charge in [0.05, 0.1) is 0 Å². The lowest BCUT2D eigenvalue weighted by molar-refractivity contribution is 0.0271. The normalized spacial score (nSPS) is 22.6. The van der Waals surface area contributed by atoms with E-state index in [9.17, 15) is 9.59 Å². The van der Waals surface area contributed by atoms with Crippen LogP contribution in [0.1, 0.15) is 40.1 Å². The Kier molecular flexibility index (Phi) is 6.15. The lowest BCUT2D eigenvalue weighted by Gasteiger charge is -2.45. The van der Waals surface area contributed by atoms with Crippen LogP contribution in [0.15, 0.2) is 54.6 Å². The number of rotatable bonds is 5. The number of hydrogen-bond acceptors (Lipinski definition) is 3. The molecule has 5 nitrogen and oxygen atoms in total. The van der Waals surface area contributed by atoms with Crippen LogP contribution in [0, 0.1) is 11.8 Å². The van der Waals surface area contributed by atoms with Crippen LogP contribution in [0.3, 0.4) is 0 Å². The van der Waals surface area contributed by atoms with Crippen LogP contribution >= 0.6 is 0 Å². The van der Waals surface area contributed by atoms with Crippen molar-refractivity contribution in [3.63, 3.8) is 0 Å². The molecule has 148 valence electrons. The number of carbonyl (C=O) groups is 2. The van der Waals surface area contributed by atoms with Gasteiger partial charge in [-0.1, -0.05) is 44.2 Å². The highest BCUT2D eigenvalue weighted by Gasteiger charge is 2.36. The Labute approximate surface area is 167 Å². The highest BCUT2D eigenvalue weighted by Crippen LogP contribution is 2.28. The fourth-order valence-electron chi connectivity index (χ4n) is 4.52. The van der Waals surface area contributed by atoms with E-state index in [1.54, 1.807) is 24.3 Å². The van der Waals surface area contributed by atoms with Gasteiger partial charge in [-0.25, -0.2) is 0 Å². The van der Waals surface area contributed by atoms with Crippen LogP contribution in [-0.2, 0) is 6.54 Å². The summed E-state index contributed by atoms with van der Waals surface area (Å²) >= 11 is 0. The average Bonchev–Trinajstić information content (AvgIpc) is 2.67. The molecule has 2 aromatic rings. The zero-order chi connectivity index (χ0) is 20.3. The molecule has 0 spiro atoms.